The fourth-order valence-electron chi connectivity index (χ4n) is 3.76. The number of piperidine rings is 1. The molecule has 0 aliphatic carbocycles. The van der Waals surface area contributed by atoms with E-state index in [0.717, 1.165) is 25.9 Å². The number of H-pyrrole nitrogens is 1. The molecule has 0 spiro atoms. The Morgan fingerprint density at radius 3 is 2.66 bits per heavy atom. The molecule has 2 heterocycles. The molecular formula is C21H24ClN3O3S. The number of benzene rings is 2. The van der Waals surface area contributed by atoms with Crippen molar-refractivity contribution in [2.24, 2.45) is 0 Å². The van der Waals surface area contributed by atoms with Crippen molar-refractivity contribution in [1.29, 1.82) is 0 Å². The van der Waals surface area contributed by atoms with Crippen molar-refractivity contribution in [2.75, 3.05) is 32.6 Å². The van der Waals surface area contributed by atoms with Crippen molar-refractivity contribution in [3.05, 3.63) is 47.6 Å². The second-order valence-electron chi connectivity index (χ2n) is 7.43. The molecule has 0 atom stereocenters. The predicted molar refractivity (Wildman–Crippen MR) is 116 cm³/mol. The van der Waals surface area contributed by atoms with Gasteiger partial charge >= 0.3 is 0 Å². The summed E-state index contributed by atoms with van der Waals surface area (Å²) < 4.78 is 32.2. The van der Waals surface area contributed by atoms with Gasteiger partial charge in [-0.2, -0.15) is 0 Å². The molecular weight excluding hydrogens is 410 g/mol. The summed E-state index contributed by atoms with van der Waals surface area (Å²) >= 11 is 6.02. The molecule has 1 saturated heterocycles. The minimum atomic E-state index is -3.71. The molecule has 0 bridgehead atoms. The SMILES string of the molecule is COc1ccc(S(=O)(=O)c2c[nH]c3cc(Cl)ccc23)cc1NC1CCN(C)CC1. The molecule has 154 valence electrons. The average molecular weight is 434 g/mol. The Bertz CT molecular complexity index is 1140. The lowest BCUT2D eigenvalue weighted by atomic mass is 10.1. The zero-order valence-corrected chi connectivity index (χ0v) is 18.0. The van der Waals surface area contributed by atoms with Crippen LogP contribution in [-0.4, -0.2) is 51.6 Å². The second kappa shape index (κ2) is 7.89. The van der Waals surface area contributed by atoms with Gasteiger partial charge in [0, 0.05) is 28.2 Å². The molecule has 0 unspecified atom stereocenters. The summed E-state index contributed by atoms with van der Waals surface area (Å²) in [6, 6.07) is 10.4. The number of halogens is 1. The lowest BCUT2D eigenvalue weighted by Gasteiger charge is -2.30. The molecule has 0 radical (unpaired) electrons. The number of nitrogens with one attached hydrogen (secondary N) is 2. The highest BCUT2D eigenvalue weighted by Gasteiger charge is 2.24. The van der Waals surface area contributed by atoms with Gasteiger partial charge in [0.05, 0.1) is 22.6 Å². The minimum Gasteiger partial charge on any atom is -0.495 e. The number of aromatic nitrogens is 1. The van der Waals surface area contributed by atoms with Gasteiger partial charge in [-0.25, -0.2) is 8.42 Å². The van der Waals surface area contributed by atoms with Gasteiger partial charge in [-0.05, 0) is 63.3 Å². The lowest BCUT2D eigenvalue weighted by Crippen LogP contribution is -2.36. The number of fused-ring (bicyclic) bond motifs is 1. The second-order valence-corrected chi connectivity index (χ2v) is 9.78. The topological polar surface area (TPSA) is 74.4 Å². The first kappa shape index (κ1) is 20.1. The molecule has 1 fully saturated rings. The Balaban J connectivity index is 1.70. The largest absolute Gasteiger partial charge is 0.495 e. The first-order valence-corrected chi connectivity index (χ1v) is 11.4. The number of anilines is 1. The molecule has 1 aliphatic rings. The van der Waals surface area contributed by atoms with Crippen LogP contribution >= 0.6 is 11.6 Å². The summed E-state index contributed by atoms with van der Waals surface area (Å²) in [5, 5.41) is 4.66. The predicted octanol–water partition coefficient (Wildman–Crippen LogP) is 4.17. The Hall–Kier alpha value is -2.22. The normalized spacial score (nSPS) is 16.2. The van der Waals surface area contributed by atoms with Crippen molar-refractivity contribution in [1.82, 2.24) is 9.88 Å². The van der Waals surface area contributed by atoms with Crippen LogP contribution in [0.1, 0.15) is 12.8 Å². The maximum atomic E-state index is 13.4. The van der Waals surface area contributed by atoms with E-state index in [1.54, 1.807) is 43.5 Å². The molecule has 8 heteroatoms. The molecule has 3 aromatic rings. The zero-order chi connectivity index (χ0) is 20.6. The van der Waals surface area contributed by atoms with Crippen LogP contribution in [0.2, 0.25) is 5.02 Å². The highest BCUT2D eigenvalue weighted by molar-refractivity contribution is 7.91. The number of aromatic amines is 1. The van der Waals surface area contributed by atoms with Crippen LogP contribution < -0.4 is 10.1 Å². The Labute approximate surface area is 175 Å². The first-order valence-electron chi connectivity index (χ1n) is 9.53. The summed E-state index contributed by atoms with van der Waals surface area (Å²) in [7, 11) is -0.0108. The summed E-state index contributed by atoms with van der Waals surface area (Å²) in [5.41, 5.74) is 1.39. The van der Waals surface area contributed by atoms with Crippen LogP contribution in [0.5, 0.6) is 5.75 Å². The number of ether oxygens (including phenoxy) is 1. The van der Waals surface area contributed by atoms with Crippen molar-refractivity contribution in [3.63, 3.8) is 0 Å². The van der Waals surface area contributed by atoms with E-state index in [0.29, 0.717) is 27.4 Å². The fourth-order valence-corrected chi connectivity index (χ4v) is 5.39. The first-order chi connectivity index (χ1) is 13.9. The van der Waals surface area contributed by atoms with Crippen molar-refractivity contribution < 1.29 is 13.2 Å². The molecule has 0 amide bonds. The summed E-state index contributed by atoms with van der Waals surface area (Å²) in [4.78, 5) is 5.76. The van der Waals surface area contributed by atoms with Crippen LogP contribution in [0.3, 0.4) is 0 Å². The monoisotopic (exact) mass is 433 g/mol. The van der Waals surface area contributed by atoms with E-state index in [2.05, 4.69) is 22.2 Å². The number of rotatable bonds is 5. The van der Waals surface area contributed by atoms with Crippen LogP contribution in [0, 0.1) is 0 Å². The smallest absolute Gasteiger partial charge is 0.208 e. The fraction of sp³-hybridized carbons (Fsp3) is 0.333. The Kier molecular flexibility index (Phi) is 5.46. The number of hydrogen-bond donors (Lipinski definition) is 2. The van der Waals surface area contributed by atoms with Gasteiger partial charge in [-0.1, -0.05) is 17.7 Å². The molecule has 1 aliphatic heterocycles. The number of methoxy groups -OCH3 is 1. The molecule has 29 heavy (non-hydrogen) atoms. The molecule has 2 N–H and O–H groups in total. The van der Waals surface area contributed by atoms with Crippen molar-refractivity contribution in [3.8, 4) is 5.75 Å². The number of hydrogen-bond acceptors (Lipinski definition) is 5. The standard InChI is InChI=1S/C21H24ClN3O3S/c1-25-9-7-15(8-10-25)24-19-12-16(4-6-20(19)28-2)29(26,27)21-13-23-18-11-14(22)3-5-17(18)21/h3-6,11-13,15,23-24H,7-10H2,1-2H3. The van der Waals surface area contributed by atoms with Crippen LogP contribution in [0.15, 0.2) is 52.4 Å². The summed E-state index contributed by atoms with van der Waals surface area (Å²) in [6.45, 7) is 2.02. The van der Waals surface area contributed by atoms with Crippen LogP contribution in [0.4, 0.5) is 5.69 Å². The third kappa shape index (κ3) is 3.95. The van der Waals surface area contributed by atoms with Crippen molar-refractivity contribution in [2.45, 2.75) is 28.7 Å². The van der Waals surface area contributed by atoms with Crippen molar-refractivity contribution >= 4 is 38.0 Å². The highest BCUT2D eigenvalue weighted by Crippen LogP contribution is 2.34. The minimum absolute atomic E-state index is 0.226. The number of sulfone groups is 1. The van der Waals surface area contributed by atoms with E-state index in [1.165, 1.54) is 6.20 Å². The zero-order valence-electron chi connectivity index (χ0n) is 16.4. The number of nitrogens with zero attached hydrogens (tertiary/aromatic N) is 1. The van der Waals surface area contributed by atoms with Gasteiger partial charge in [-0.3, -0.25) is 0 Å². The van der Waals surface area contributed by atoms with E-state index in [4.69, 9.17) is 16.3 Å². The average Bonchev–Trinajstić information content (AvgIpc) is 3.13. The summed E-state index contributed by atoms with van der Waals surface area (Å²) in [6.07, 6.45) is 3.52. The molecule has 4 rings (SSSR count). The summed E-state index contributed by atoms with van der Waals surface area (Å²) in [5.74, 6) is 0.633. The maximum Gasteiger partial charge on any atom is 0.208 e. The number of likely N-dealkylation sites (tertiary alicyclic amines) is 1. The van der Waals surface area contributed by atoms with Gasteiger partial charge in [0.15, 0.2) is 0 Å². The van der Waals surface area contributed by atoms with Gasteiger partial charge in [0.1, 0.15) is 5.75 Å². The van der Waals surface area contributed by atoms with Gasteiger partial charge in [0.2, 0.25) is 9.84 Å². The van der Waals surface area contributed by atoms with E-state index in [9.17, 15) is 8.42 Å². The van der Waals surface area contributed by atoms with Gasteiger partial charge < -0.3 is 19.9 Å². The third-order valence-electron chi connectivity index (χ3n) is 5.45. The van der Waals surface area contributed by atoms with Gasteiger partial charge in [-0.15, -0.1) is 0 Å². The Morgan fingerprint density at radius 2 is 1.93 bits per heavy atom. The van der Waals surface area contributed by atoms with E-state index >= 15 is 0 Å². The van der Waals surface area contributed by atoms with Gasteiger partial charge in [0.25, 0.3) is 0 Å². The van der Waals surface area contributed by atoms with E-state index in [1.807, 2.05) is 0 Å². The lowest BCUT2D eigenvalue weighted by molar-refractivity contribution is 0.263. The van der Waals surface area contributed by atoms with E-state index in [-0.39, 0.29) is 15.8 Å². The highest BCUT2D eigenvalue weighted by atomic mass is 35.5. The van der Waals surface area contributed by atoms with Crippen LogP contribution in [-0.2, 0) is 9.84 Å². The Morgan fingerprint density at radius 1 is 1.17 bits per heavy atom. The maximum absolute atomic E-state index is 13.4. The molecule has 0 saturated carbocycles. The molecule has 2 aromatic carbocycles. The quantitative estimate of drug-likeness (QED) is 0.631. The van der Waals surface area contributed by atoms with Crippen LogP contribution in [0.25, 0.3) is 10.9 Å². The molecule has 1 aromatic heterocycles. The van der Waals surface area contributed by atoms with E-state index < -0.39 is 9.84 Å². The molecule has 6 nitrogen and oxygen atoms in total. The third-order valence-corrected chi connectivity index (χ3v) is 7.48.